The molecule has 0 bridgehead atoms. The highest BCUT2D eigenvalue weighted by Gasteiger charge is 2.41. The van der Waals surface area contributed by atoms with Crippen LogP contribution >= 0.6 is 0 Å². The van der Waals surface area contributed by atoms with E-state index in [0.717, 1.165) is 12.8 Å². The molecule has 0 spiro atoms. The topological polar surface area (TPSA) is 99.3 Å². The first kappa shape index (κ1) is 14.4. The van der Waals surface area contributed by atoms with Crippen LogP contribution in [0, 0.1) is 5.41 Å². The first-order valence-corrected chi connectivity index (χ1v) is 7.27. The molecule has 1 aliphatic rings. The highest BCUT2D eigenvalue weighted by molar-refractivity contribution is 7.87. The van der Waals surface area contributed by atoms with Gasteiger partial charge in [-0.25, -0.2) is 0 Å². The highest BCUT2D eigenvalue weighted by atomic mass is 32.2. The molecule has 1 rings (SSSR count). The maximum Gasteiger partial charge on any atom is 0.280 e. The quantitative estimate of drug-likeness (QED) is 0.494. The maximum absolute atomic E-state index is 12.1. The zero-order valence-electron chi connectivity index (χ0n) is 10.7. The second-order valence-corrected chi connectivity index (χ2v) is 6.65. The predicted octanol–water partition coefficient (Wildman–Crippen LogP) is 0.410. The van der Waals surface area contributed by atoms with Gasteiger partial charge in [-0.15, -0.1) is 0 Å². The molecule has 0 atom stereocenters. The van der Waals surface area contributed by atoms with Crippen molar-refractivity contribution in [3.63, 3.8) is 0 Å². The number of hydrogen-bond donors (Lipinski definition) is 3. The van der Waals surface area contributed by atoms with Gasteiger partial charge in [-0.05, 0) is 26.7 Å². The van der Waals surface area contributed by atoms with Gasteiger partial charge in [-0.2, -0.15) is 17.4 Å². The monoisotopic (exact) mass is 262 g/mol. The molecule has 1 fully saturated rings. The van der Waals surface area contributed by atoms with Gasteiger partial charge in [0, 0.05) is 13.1 Å². The minimum Gasteiger partial charge on any atom is -0.386 e. The van der Waals surface area contributed by atoms with E-state index in [9.17, 15) is 8.42 Å². The van der Waals surface area contributed by atoms with Crippen molar-refractivity contribution in [3.8, 4) is 0 Å². The van der Waals surface area contributed by atoms with Crippen molar-refractivity contribution in [2.45, 2.75) is 51.1 Å². The molecule has 17 heavy (non-hydrogen) atoms. The van der Waals surface area contributed by atoms with Gasteiger partial charge in [0.2, 0.25) is 0 Å². The van der Waals surface area contributed by atoms with Gasteiger partial charge in [0.25, 0.3) is 10.2 Å². The average molecular weight is 262 g/mol. The molecular weight excluding hydrogens is 240 g/mol. The van der Waals surface area contributed by atoms with E-state index < -0.39 is 15.7 Å². The van der Waals surface area contributed by atoms with Crippen molar-refractivity contribution in [2.24, 2.45) is 5.73 Å². The number of nitrogens with two attached hydrogens (primary N) is 1. The Morgan fingerprint density at radius 1 is 1.41 bits per heavy atom. The Balaban J connectivity index is 2.92. The van der Waals surface area contributed by atoms with E-state index in [1.54, 1.807) is 13.8 Å². The van der Waals surface area contributed by atoms with E-state index in [2.05, 4.69) is 4.72 Å². The van der Waals surface area contributed by atoms with Crippen molar-refractivity contribution in [1.82, 2.24) is 9.03 Å². The van der Waals surface area contributed by atoms with E-state index in [4.69, 9.17) is 11.1 Å². The van der Waals surface area contributed by atoms with Gasteiger partial charge in [0.05, 0.1) is 5.54 Å². The molecule has 1 saturated carbocycles. The molecule has 7 heteroatoms. The summed E-state index contributed by atoms with van der Waals surface area (Å²) in [6.07, 6.45) is 3.00. The summed E-state index contributed by atoms with van der Waals surface area (Å²) in [5.74, 6) is -0.0873. The summed E-state index contributed by atoms with van der Waals surface area (Å²) >= 11 is 0. The van der Waals surface area contributed by atoms with E-state index in [1.807, 2.05) is 0 Å². The number of hydrogen-bond acceptors (Lipinski definition) is 3. The molecule has 0 amide bonds. The largest absolute Gasteiger partial charge is 0.386 e. The second-order valence-electron chi connectivity index (χ2n) is 4.92. The van der Waals surface area contributed by atoms with Crippen LogP contribution in [-0.2, 0) is 10.2 Å². The van der Waals surface area contributed by atoms with Crippen molar-refractivity contribution in [1.29, 1.82) is 5.41 Å². The maximum atomic E-state index is 12.1. The lowest BCUT2D eigenvalue weighted by molar-refractivity contribution is 0.385. The fourth-order valence-corrected chi connectivity index (χ4v) is 3.51. The lowest BCUT2D eigenvalue weighted by Crippen LogP contribution is -2.58. The smallest absolute Gasteiger partial charge is 0.280 e. The predicted molar refractivity (Wildman–Crippen MR) is 68.1 cm³/mol. The molecule has 0 unspecified atom stereocenters. The zero-order chi connectivity index (χ0) is 13.3. The van der Waals surface area contributed by atoms with Crippen molar-refractivity contribution >= 4 is 16.0 Å². The Hall–Kier alpha value is -0.660. The van der Waals surface area contributed by atoms with Crippen LogP contribution in [0.2, 0.25) is 0 Å². The second kappa shape index (κ2) is 4.91. The Bertz CT molecular complexity index is 385. The minimum atomic E-state index is -3.58. The minimum absolute atomic E-state index is 0.0873. The molecule has 0 saturated heterocycles. The Morgan fingerprint density at radius 3 is 2.24 bits per heavy atom. The standard InChI is InChI=1S/C10H22N4O2S/c1-8(2)14(3)17(15,16)13-10(9(11)12)6-4-5-7-10/h8,13H,4-7H2,1-3H3,(H3,11,12). The third kappa shape index (κ3) is 2.97. The van der Waals surface area contributed by atoms with Crippen LogP contribution in [0.25, 0.3) is 0 Å². The molecule has 0 aromatic rings. The zero-order valence-corrected chi connectivity index (χ0v) is 11.5. The highest BCUT2D eigenvalue weighted by Crippen LogP contribution is 2.30. The lowest BCUT2D eigenvalue weighted by Gasteiger charge is -2.32. The van der Waals surface area contributed by atoms with E-state index in [1.165, 1.54) is 11.4 Å². The third-order valence-electron chi connectivity index (χ3n) is 3.40. The summed E-state index contributed by atoms with van der Waals surface area (Å²) in [5, 5.41) is 7.60. The number of amidine groups is 1. The molecule has 0 aromatic carbocycles. The van der Waals surface area contributed by atoms with Gasteiger partial charge in [-0.3, -0.25) is 5.41 Å². The van der Waals surface area contributed by atoms with E-state index in [0.29, 0.717) is 12.8 Å². The summed E-state index contributed by atoms with van der Waals surface area (Å²) in [5.41, 5.74) is 4.68. The molecular formula is C10H22N4O2S. The third-order valence-corrected chi connectivity index (χ3v) is 5.23. The normalized spacial score (nSPS) is 20.1. The van der Waals surface area contributed by atoms with E-state index in [-0.39, 0.29) is 11.9 Å². The Labute approximate surface area is 103 Å². The van der Waals surface area contributed by atoms with Crippen LogP contribution in [-0.4, -0.2) is 37.2 Å². The van der Waals surface area contributed by atoms with Gasteiger partial charge in [-0.1, -0.05) is 12.8 Å². The van der Waals surface area contributed by atoms with Gasteiger partial charge in [0.15, 0.2) is 0 Å². The van der Waals surface area contributed by atoms with E-state index >= 15 is 0 Å². The van der Waals surface area contributed by atoms with Gasteiger partial charge in [0.1, 0.15) is 5.84 Å². The summed E-state index contributed by atoms with van der Waals surface area (Å²) < 4.78 is 28.1. The molecule has 0 aliphatic heterocycles. The number of rotatable bonds is 5. The van der Waals surface area contributed by atoms with Crippen LogP contribution < -0.4 is 10.5 Å². The van der Waals surface area contributed by atoms with Crippen LogP contribution in [0.15, 0.2) is 0 Å². The van der Waals surface area contributed by atoms with Crippen LogP contribution in [0.1, 0.15) is 39.5 Å². The van der Waals surface area contributed by atoms with Crippen LogP contribution in [0.3, 0.4) is 0 Å². The first-order valence-electron chi connectivity index (χ1n) is 5.83. The summed E-state index contributed by atoms with van der Waals surface area (Å²) in [7, 11) is -2.06. The van der Waals surface area contributed by atoms with Crippen molar-refractivity contribution in [2.75, 3.05) is 7.05 Å². The van der Waals surface area contributed by atoms with Gasteiger partial charge >= 0.3 is 0 Å². The molecule has 1 aliphatic carbocycles. The summed E-state index contributed by atoms with van der Waals surface area (Å²) in [6.45, 7) is 3.60. The number of nitrogens with one attached hydrogen (secondary N) is 2. The van der Waals surface area contributed by atoms with Crippen molar-refractivity contribution in [3.05, 3.63) is 0 Å². The van der Waals surface area contributed by atoms with Crippen molar-refractivity contribution < 1.29 is 8.42 Å². The molecule has 100 valence electrons. The average Bonchev–Trinajstić information content (AvgIpc) is 2.65. The molecule has 0 aromatic heterocycles. The fourth-order valence-electron chi connectivity index (χ4n) is 2.00. The summed E-state index contributed by atoms with van der Waals surface area (Å²) in [4.78, 5) is 0. The molecule has 0 radical (unpaired) electrons. The molecule has 0 heterocycles. The van der Waals surface area contributed by atoms with Crippen LogP contribution in [0.5, 0.6) is 0 Å². The Morgan fingerprint density at radius 2 is 1.88 bits per heavy atom. The fraction of sp³-hybridized carbons (Fsp3) is 0.900. The summed E-state index contributed by atoms with van der Waals surface area (Å²) in [6, 6.07) is -0.127. The van der Waals surface area contributed by atoms with Crippen LogP contribution in [0.4, 0.5) is 0 Å². The van der Waals surface area contributed by atoms with Gasteiger partial charge < -0.3 is 5.73 Å². The molecule has 4 N–H and O–H groups in total. The molecule has 6 nitrogen and oxygen atoms in total. The Kier molecular flexibility index (Phi) is 4.16. The lowest BCUT2D eigenvalue weighted by atomic mass is 9.98. The SMILES string of the molecule is CC(C)N(C)S(=O)(=O)NC1(C(=N)N)CCCC1. The first-order chi connectivity index (χ1) is 7.71. The number of nitrogens with zero attached hydrogens (tertiary/aromatic N) is 1.